The van der Waals surface area contributed by atoms with Crippen LogP contribution < -0.4 is 5.73 Å². The summed E-state index contributed by atoms with van der Waals surface area (Å²) in [4.78, 5) is 27.1. The van der Waals surface area contributed by atoms with Crippen LogP contribution in [0.4, 0.5) is 0 Å². The van der Waals surface area contributed by atoms with E-state index in [9.17, 15) is 9.59 Å². The zero-order valence-electron chi connectivity index (χ0n) is 29.7. The number of nitrogens with two attached hydrogens (primary N) is 1. The summed E-state index contributed by atoms with van der Waals surface area (Å²) in [5.74, 6) is 1.03. The van der Waals surface area contributed by atoms with Gasteiger partial charge in [-0.1, -0.05) is 104 Å². The number of rotatable bonds is 26. The molecule has 6 heteroatoms. The highest BCUT2D eigenvalue weighted by atomic mass is 16.5. The Morgan fingerprint density at radius 2 is 1.44 bits per heavy atom. The van der Waals surface area contributed by atoms with Gasteiger partial charge in [-0.15, -0.1) is 0 Å². The molecule has 6 nitrogen and oxygen atoms in total. The topological polar surface area (TPSA) is 81.9 Å². The van der Waals surface area contributed by atoms with E-state index in [0.29, 0.717) is 12.3 Å². The lowest BCUT2D eigenvalue weighted by atomic mass is 9.88. The van der Waals surface area contributed by atoms with Gasteiger partial charge in [0.15, 0.2) is 0 Å². The second kappa shape index (κ2) is 23.7. The van der Waals surface area contributed by atoms with Crippen LogP contribution >= 0.6 is 0 Å². The summed E-state index contributed by atoms with van der Waals surface area (Å²) in [6.07, 6.45) is 23.8. The number of unbranched alkanes of at least 4 members (excludes halogenated alkanes) is 4. The second-order valence-electron chi connectivity index (χ2n) is 14.2. The maximum atomic E-state index is 12.6. The Hall–Kier alpha value is -1.66. The Labute approximate surface area is 266 Å². The lowest BCUT2D eigenvalue weighted by Crippen LogP contribution is -2.32. The SMILES string of the molecule is CCCCCCCC(C)CCCC(C)CCC(/C=C/C(C)(N)/C=C/COC(=O)C(C)(C)CCC)OC(=O)CCCN(C)C. The minimum Gasteiger partial charge on any atom is -0.461 e. The molecule has 4 unspecified atom stereocenters. The molecule has 252 valence electrons. The molecule has 0 saturated heterocycles. The first kappa shape index (κ1) is 41.3. The van der Waals surface area contributed by atoms with Crippen molar-refractivity contribution < 1.29 is 19.1 Å². The van der Waals surface area contributed by atoms with Crippen LogP contribution in [0.1, 0.15) is 145 Å². The summed E-state index contributed by atoms with van der Waals surface area (Å²) in [5, 5.41) is 0. The van der Waals surface area contributed by atoms with Gasteiger partial charge in [0, 0.05) is 12.0 Å². The zero-order chi connectivity index (χ0) is 32.7. The van der Waals surface area contributed by atoms with Crippen molar-refractivity contribution in [3.8, 4) is 0 Å². The van der Waals surface area contributed by atoms with E-state index < -0.39 is 11.0 Å². The monoisotopic (exact) mass is 607 g/mol. The minimum absolute atomic E-state index is 0.159. The zero-order valence-corrected chi connectivity index (χ0v) is 29.7. The summed E-state index contributed by atoms with van der Waals surface area (Å²) < 4.78 is 11.4. The summed E-state index contributed by atoms with van der Waals surface area (Å²) in [6.45, 7) is 15.8. The molecule has 43 heavy (non-hydrogen) atoms. The van der Waals surface area contributed by atoms with Crippen molar-refractivity contribution in [2.75, 3.05) is 27.2 Å². The number of nitrogens with zero attached hydrogens (tertiary/aromatic N) is 1. The van der Waals surface area contributed by atoms with Crippen LogP contribution in [-0.4, -0.2) is 55.7 Å². The van der Waals surface area contributed by atoms with Crippen molar-refractivity contribution in [1.82, 2.24) is 4.90 Å². The largest absolute Gasteiger partial charge is 0.461 e. The van der Waals surface area contributed by atoms with E-state index >= 15 is 0 Å². The molecule has 0 saturated carbocycles. The third-order valence-corrected chi connectivity index (χ3v) is 8.29. The van der Waals surface area contributed by atoms with Gasteiger partial charge in [-0.25, -0.2) is 0 Å². The number of hydrogen-bond donors (Lipinski definition) is 1. The summed E-state index contributed by atoms with van der Waals surface area (Å²) in [6, 6.07) is 0. The normalized spacial score (nSPS) is 16.0. The fourth-order valence-corrected chi connectivity index (χ4v) is 5.33. The van der Waals surface area contributed by atoms with Gasteiger partial charge in [0.2, 0.25) is 0 Å². The lowest BCUT2D eigenvalue weighted by Gasteiger charge is -2.22. The third-order valence-electron chi connectivity index (χ3n) is 8.29. The molecule has 0 rings (SSSR count). The molecule has 0 aliphatic heterocycles. The first-order chi connectivity index (χ1) is 20.2. The Morgan fingerprint density at radius 1 is 0.814 bits per heavy atom. The second-order valence-corrected chi connectivity index (χ2v) is 14.2. The molecule has 0 aromatic heterocycles. The quantitative estimate of drug-likeness (QED) is 0.0601. The first-order valence-electron chi connectivity index (χ1n) is 17.4. The number of hydrogen-bond acceptors (Lipinski definition) is 6. The standard InChI is InChI=1S/C37H70N2O4/c1-10-12-13-14-15-19-31(3)20-16-21-32(4)23-24-33(43-34(40)22-17-29-39(8)9)25-28-37(7,38)27-18-30-42-35(41)36(5,6)26-11-2/h18,25,27-28,31-33H,10-17,19-24,26,29-30,38H2,1-9H3/b27-18+,28-25+. The Morgan fingerprint density at radius 3 is 2.07 bits per heavy atom. The van der Waals surface area contributed by atoms with E-state index in [-0.39, 0.29) is 24.6 Å². The van der Waals surface area contributed by atoms with Crippen LogP contribution in [0.15, 0.2) is 24.3 Å². The summed E-state index contributed by atoms with van der Waals surface area (Å²) >= 11 is 0. The first-order valence-corrected chi connectivity index (χ1v) is 17.4. The molecule has 0 spiro atoms. The van der Waals surface area contributed by atoms with E-state index in [1.807, 2.05) is 53.1 Å². The van der Waals surface area contributed by atoms with Crippen molar-refractivity contribution in [1.29, 1.82) is 0 Å². The average molecular weight is 607 g/mol. The van der Waals surface area contributed by atoms with E-state index in [1.54, 1.807) is 6.08 Å². The predicted octanol–water partition coefficient (Wildman–Crippen LogP) is 9.02. The molecule has 0 aliphatic carbocycles. The number of ether oxygens (including phenoxy) is 2. The van der Waals surface area contributed by atoms with Gasteiger partial charge in [0.05, 0.1) is 5.41 Å². The molecule has 0 aliphatic rings. The van der Waals surface area contributed by atoms with Crippen LogP contribution in [0.5, 0.6) is 0 Å². The van der Waals surface area contributed by atoms with Crippen molar-refractivity contribution in [3.63, 3.8) is 0 Å². The van der Waals surface area contributed by atoms with E-state index in [4.69, 9.17) is 15.2 Å². The van der Waals surface area contributed by atoms with Crippen molar-refractivity contribution in [3.05, 3.63) is 24.3 Å². The number of carbonyl (C=O) groups is 2. The smallest absolute Gasteiger partial charge is 0.311 e. The van der Waals surface area contributed by atoms with Crippen LogP contribution in [0.3, 0.4) is 0 Å². The fraction of sp³-hybridized carbons (Fsp3) is 0.838. The molecule has 0 radical (unpaired) electrons. The third kappa shape index (κ3) is 23.4. The van der Waals surface area contributed by atoms with E-state index in [2.05, 4.69) is 32.6 Å². The van der Waals surface area contributed by atoms with Gasteiger partial charge in [0.25, 0.3) is 0 Å². The Kier molecular flexibility index (Phi) is 22.8. The lowest BCUT2D eigenvalue weighted by molar-refractivity contribution is -0.153. The molecule has 4 atom stereocenters. The van der Waals surface area contributed by atoms with Crippen LogP contribution in [0.2, 0.25) is 0 Å². The molecule has 0 heterocycles. The van der Waals surface area contributed by atoms with Gasteiger partial charge in [-0.2, -0.15) is 0 Å². The molecule has 0 amide bonds. The molecular weight excluding hydrogens is 536 g/mol. The highest BCUT2D eigenvalue weighted by Crippen LogP contribution is 2.24. The number of carbonyl (C=O) groups excluding carboxylic acids is 2. The maximum Gasteiger partial charge on any atom is 0.311 e. The van der Waals surface area contributed by atoms with Gasteiger partial charge < -0.3 is 20.1 Å². The van der Waals surface area contributed by atoms with Crippen molar-refractivity contribution in [2.45, 2.75) is 156 Å². The van der Waals surface area contributed by atoms with Crippen LogP contribution in [0.25, 0.3) is 0 Å². The summed E-state index contributed by atoms with van der Waals surface area (Å²) in [7, 11) is 4.02. The average Bonchev–Trinajstić information content (AvgIpc) is 2.92. The van der Waals surface area contributed by atoms with Crippen molar-refractivity contribution in [2.24, 2.45) is 23.0 Å². The molecule has 0 aromatic carbocycles. The van der Waals surface area contributed by atoms with Crippen LogP contribution in [0, 0.1) is 17.3 Å². The fourth-order valence-electron chi connectivity index (χ4n) is 5.33. The molecular formula is C37H70N2O4. The minimum atomic E-state index is -0.751. The highest BCUT2D eigenvalue weighted by Gasteiger charge is 2.27. The molecule has 0 fully saturated rings. The molecule has 0 aromatic rings. The van der Waals surface area contributed by atoms with Crippen LogP contribution in [-0.2, 0) is 19.1 Å². The van der Waals surface area contributed by atoms with Gasteiger partial charge in [0.1, 0.15) is 12.7 Å². The number of esters is 2. The van der Waals surface area contributed by atoms with Gasteiger partial charge in [-0.3, -0.25) is 9.59 Å². The van der Waals surface area contributed by atoms with E-state index in [0.717, 1.165) is 44.6 Å². The molecule has 0 bridgehead atoms. The Bertz CT molecular complexity index is 787. The summed E-state index contributed by atoms with van der Waals surface area (Å²) in [5.41, 5.74) is 5.27. The Balaban J connectivity index is 4.93. The van der Waals surface area contributed by atoms with Crippen molar-refractivity contribution >= 4 is 11.9 Å². The highest BCUT2D eigenvalue weighted by molar-refractivity contribution is 5.75. The van der Waals surface area contributed by atoms with Gasteiger partial charge in [-0.05, 0) is 91.1 Å². The maximum absolute atomic E-state index is 12.6. The van der Waals surface area contributed by atoms with Gasteiger partial charge >= 0.3 is 11.9 Å². The van der Waals surface area contributed by atoms with E-state index in [1.165, 1.54) is 57.8 Å². The molecule has 2 N–H and O–H groups in total. The predicted molar refractivity (Wildman–Crippen MR) is 183 cm³/mol.